The highest BCUT2D eigenvalue weighted by Crippen LogP contribution is 2.28. The Balaban J connectivity index is 2.28. The Morgan fingerprint density at radius 3 is 2.74 bits per heavy atom. The molecule has 0 bridgehead atoms. The van der Waals surface area contributed by atoms with Crippen LogP contribution in [0.4, 0.5) is 0 Å². The zero-order valence-electron chi connectivity index (χ0n) is 13.9. The van der Waals surface area contributed by atoms with E-state index in [4.69, 9.17) is 0 Å². The van der Waals surface area contributed by atoms with Gasteiger partial charge in [0.05, 0.1) is 16.8 Å². The van der Waals surface area contributed by atoms with Crippen molar-refractivity contribution in [3.8, 4) is 6.07 Å². The Labute approximate surface area is 141 Å². The molecule has 23 heavy (non-hydrogen) atoms. The molecule has 5 heteroatoms. The number of pyridine rings is 1. The Morgan fingerprint density at radius 1 is 1.39 bits per heavy atom. The van der Waals surface area contributed by atoms with Crippen LogP contribution < -0.4 is 5.32 Å². The number of hydrogen-bond donors (Lipinski definition) is 1. The molecule has 0 unspecified atom stereocenters. The van der Waals surface area contributed by atoms with Crippen LogP contribution in [-0.4, -0.2) is 22.7 Å². The summed E-state index contributed by atoms with van der Waals surface area (Å²) in [4.78, 5) is 16.6. The number of nitrogens with zero attached hydrogens (tertiary/aromatic N) is 2. The molecule has 1 aromatic carbocycles. The minimum absolute atomic E-state index is 0.0314. The van der Waals surface area contributed by atoms with E-state index in [9.17, 15) is 10.1 Å². The van der Waals surface area contributed by atoms with Crippen LogP contribution in [0, 0.1) is 25.2 Å². The molecule has 0 saturated carbocycles. The first-order valence-corrected chi connectivity index (χ1v) is 8.68. The number of aryl methyl sites for hydroxylation is 2. The van der Waals surface area contributed by atoms with Gasteiger partial charge in [0.25, 0.3) is 0 Å². The van der Waals surface area contributed by atoms with Crippen LogP contribution in [0.15, 0.2) is 23.2 Å². The van der Waals surface area contributed by atoms with Crippen LogP contribution in [-0.2, 0) is 4.79 Å². The van der Waals surface area contributed by atoms with Crippen LogP contribution >= 0.6 is 11.8 Å². The van der Waals surface area contributed by atoms with Gasteiger partial charge >= 0.3 is 0 Å². The monoisotopic (exact) mass is 327 g/mol. The van der Waals surface area contributed by atoms with Crippen LogP contribution in [0.3, 0.4) is 0 Å². The van der Waals surface area contributed by atoms with E-state index >= 15 is 0 Å². The Morgan fingerprint density at radius 2 is 2.09 bits per heavy atom. The summed E-state index contributed by atoms with van der Waals surface area (Å²) in [6.45, 7) is 8.02. The third-order valence-electron chi connectivity index (χ3n) is 3.85. The van der Waals surface area contributed by atoms with Gasteiger partial charge in [0, 0.05) is 11.4 Å². The first-order chi connectivity index (χ1) is 11.0. The number of thioether (sulfide) groups is 1. The van der Waals surface area contributed by atoms with Crippen LogP contribution in [0.1, 0.15) is 37.0 Å². The lowest BCUT2D eigenvalue weighted by Crippen LogP contribution is -2.33. The van der Waals surface area contributed by atoms with Crippen LogP contribution in [0.5, 0.6) is 0 Å². The summed E-state index contributed by atoms with van der Waals surface area (Å²) in [6.07, 6.45) is 0.895. The second kappa shape index (κ2) is 7.47. The second-order valence-corrected chi connectivity index (χ2v) is 6.68. The molecule has 1 aromatic heterocycles. The molecule has 0 aliphatic carbocycles. The van der Waals surface area contributed by atoms with E-state index in [1.807, 2.05) is 45.9 Å². The standard InChI is InChI=1S/C18H21N3OS/c1-5-13(4)20-16(22)10-23-18-14(9-19)8-15-11(2)6-7-12(3)17(15)21-18/h6-8,13H,5,10H2,1-4H3,(H,20,22)/t13-/m1/s1. The van der Waals surface area contributed by atoms with Gasteiger partial charge < -0.3 is 5.32 Å². The highest BCUT2D eigenvalue weighted by Gasteiger charge is 2.13. The number of carbonyl (C=O) groups excluding carboxylic acids is 1. The summed E-state index contributed by atoms with van der Waals surface area (Å²) < 4.78 is 0. The van der Waals surface area contributed by atoms with Gasteiger partial charge in [-0.15, -0.1) is 0 Å². The molecule has 1 atom stereocenters. The van der Waals surface area contributed by atoms with E-state index in [2.05, 4.69) is 16.4 Å². The summed E-state index contributed by atoms with van der Waals surface area (Å²) in [5.41, 5.74) is 3.59. The van der Waals surface area contributed by atoms with Gasteiger partial charge in [-0.1, -0.05) is 30.8 Å². The molecule has 0 spiro atoms. The zero-order valence-corrected chi connectivity index (χ0v) is 14.8. The minimum Gasteiger partial charge on any atom is -0.353 e. The maximum Gasteiger partial charge on any atom is 0.230 e. The molecule has 2 aromatic rings. The molecule has 1 N–H and O–H groups in total. The smallest absolute Gasteiger partial charge is 0.230 e. The minimum atomic E-state index is -0.0314. The summed E-state index contributed by atoms with van der Waals surface area (Å²) >= 11 is 1.32. The van der Waals surface area contributed by atoms with Crippen molar-refractivity contribution < 1.29 is 4.79 Å². The zero-order chi connectivity index (χ0) is 17.0. The Hall–Kier alpha value is -2.06. The fraction of sp³-hybridized carbons (Fsp3) is 0.389. The van der Waals surface area contributed by atoms with Gasteiger partial charge in [-0.25, -0.2) is 4.98 Å². The number of hydrogen-bond acceptors (Lipinski definition) is 4. The predicted molar refractivity (Wildman–Crippen MR) is 94.6 cm³/mol. The van der Waals surface area contributed by atoms with Gasteiger partial charge in [0.2, 0.25) is 5.91 Å². The lowest BCUT2D eigenvalue weighted by molar-refractivity contribution is -0.119. The predicted octanol–water partition coefficient (Wildman–Crippen LogP) is 3.73. The maximum absolute atomic E-state index is 11.9. The molecule has 1 heterocycles. The molecule has 120 valence electrons. The third-order valence-corrected chi connectivity index (χ3v) is 4.84. The highest BCUT2D eigenvalue weighted by atomic mass is 32.2. The molecular formula is C18H21N3OS. The van der Waals surface area contributed by atoms with Crippen molar-refractivity contribution >= 4 is 28.6 Å². The van der Waals surface area contributed by atoms with E-state index in [0.717, 1.165) is 28.5 Å². The Bertz CT molecular complexity index is 780. The van der Waals surface area contributed by atoms with Crippen molar-refractivity contribution in [2.45, 2.75) is 45.2 Å². The van der Waals surface area contributed by atoms with Crippen molar-refractivity contribution in [1.29, 1.82) is 5.26 Å². The number of amides is 1. The van der Waals surface area contributed by atoms with E-state index in [1.54, 1.807) is 0 Å². The summed E-state index contributed by atoms with van der Waals surface area (Å²) in [7, 11) is 0. The lowest BCUT2D eigenvalue weighted by Gasteiger charge is -2.12. The number of nitriles is 1. The molecule has 0 saturated heterocycles. The molecule has 0 fully saturated rings. The van der Waals surface area contributed by atoms with Crippen LogP contribution in [0.2, 0.25) is 0 Å². The van der Waals surface area contributed by atoms with Gasteiger partial charge in [0.15, 0.2) is 0 Å². The topological polar surface area (TPSA) is 65.8 Å². The quantitative estimate of drug-likeness (QED) is 0.850. The summed E-state index contributed by atoms with van der Waals surface area (Å²) in [5, 5.41) is 13.9. The van der Waals surface area contributed by atoms with Crippen molar-refractivity contribution in [3.05, 3.63) is 34.9 Å². The summed E-state index contributed by atoms with van der Waals surface area (Å²) in [5.74, 6) is 0.235. The molecular weight excluding hydrogens is 306 g/mol. The number of carbonyl (C=O) groups is 1. The highest BCUT2D eigenvalue weighted by molar-refractivity contribution is 8.00. The summed E-state index contributed by atoms with van der Waals surface area (Å²) in [6, 6.07) is 8.29. The Kier molecular flexibility index (Phi) is 5.62. The lowest BCUT2D eigenvalue weighted by atomic mass is 10.0. The van der Waals surface area contributed by atoms with Gasteiger partial charge in [0.1, 0.15) is 11.1 Å². The fourth-order valence-corrected chi connectivity index (χ4v) is 3.03. The number of aromatic nitrogens is 1. The third kappa shape index (κ3) is 4.02. The molecule has 1 amide bonds. The van der Waals surface area contributed by atoms with Crippen molar-refractivity contribution in [2.24, 2.45) is 0 Å². The molecule has 2 rings (SSSR count). The molecule has 4 nitrogen and oxygen atoms in total. The molecule has 0 aliphatic rings. The number of benzene rings is 1. The van der Waals surface area contributed by atoms with E-state index in [0.29, 0.717) is 10.6 Å². The largest absolute Gasteiger partial charge is 0.353 e. The normalized spacial score (nSPS) is 12.0. The molecule has 0 aliphatic heterocycles. The SMILES string of the molecule is CC[C@@H](C)NC(=O)CSc1nc2c(C)ccc(C)c2cc1C#N. The van der Waals surface area contributed by atoms with Crippen molar-refractivity contribution in [1.82, 2.24) is 10.3 Å². The van der Waals surface area contributed by atoms with E-state index in [1.165, 1.54) is 11.8 Å². The number of fused-ring (bicyclic) bond motifs is 1. The van der Waals surface area contributed by atoms with E-state index < -0.39 is 0 Å². The van der Waals surface area contributed by atoms with Crippen molar-refractivity contribution in [2.75, 3.05) is 5.75 Å². The fourth-order valence-electron chi connectivity index (χ4n) is 2.26. The average Bonchev–Trinajstić information content (AvgIpc) is 2.55. The first kappa shape index (κ1) is 17.3. The van der Waals surface area contributed by atoms with Crippen LogP contribution in [0.25, 0.3) is 10.9 Å². The van der Waals surface area contributed by atoms with Gasteiger partial charge in [-0.3, -0.25) is 4.79 Å². The second-order valence-electron chi connectivity index (χ2n) is 5.71. The number of nitrogens with one attached hydrogen (secondary N) is 1. The van der Waals surface area contributed by atoms with Gasteiger partial charge in [-0.05, 0) is 44.4 Å². The first-order valence-electron chi connectivity index (χ1n) is 7.69. The van der Waals surface area contributed by atoms with E-state index in [-0.39, 0.29) is 17.7 Å². The van der Waals surface area contributed by atoms with Gasteiger partial charge in [-0.2, -0.15) is 5.26 Å². The van der Waals surface area contributed by atoms with Crippen molar-refractivity contribution in [3.63, 3.8) is 0 Å². The maximum atomic E-state index is 11.9. The number of rotatable bonds is 5. The molecule has 0 radical (unpaired) electrons. The average molecular weight is 327 g/mol.